The fourth-order valence-electron chi connectivity index (χ4n) is 3.18. The van der Waals surface area contributed by atoms with E-state index in [0.717, 1.165) is 15.2 Å². The van der Waals surface area contributed by atoms with Crippen molar-refractivity contribution in [3.8, 4) is 0 Å². The van der Waals surface area contributed by atoms with Crippen LogP contribution in [-0.4, -0.2) is 21.8 Å². The fraction of sp³-hybridized carbons (Fsp3) is 0. The van der Waals surface area contributed by atoms with Gasteiger partial charge in [0, 0.05) is 4.47 Å². The first kappa shape index (κ1) is 17.2. The van der Waals surface area contributed by atoms with Gasteiger partial charge in [0.2, 0.25) is 11.6 Å². The molecule has 4 nitrogen and oxygen atoms in total. The number of aliphatic hydroxyl groups is 2. The van der Waals surface area contributed by atoms with Gasteiger partial charge >= 0.3 is 0 Å². The molecule has 0 atom stereocenters. The number of halogens is 1. The molecule has 4 rings (SSSR count). The Hall–Kier alpha value is -3.18. The lowest BCUT2D eigenvalue weighted by molar-refractivity contribution is -0.116. The third kappa shape index (κ3) is 2.86. The summed E-state index contributed by atoms with van der Waals surface area (Å²) in [6.45, 7) is 0. The van der Waals surface area contributed by atoms with E-state index < -0.39 is 23.1 Å². The van der Waals surface area contributed by atoms with E-state index in [9.17, 15) is 19.8 Å². The van der Waals surface area contributed by atoms with Gasteiger partial charge in [-0.25, -0.2) is 0 Å². The molecule has 0 saturated carbocycles. The van der Waals surface area contributed by atoms with Crippen LogP contribution in [0.3, 0.4) is 0 Å². The van der Waals surface area contributed by atoms with Crippen molar-refractivity contribution in [1.82, 2.24) is 0 Å². The molecule has 3 aromatic carbocycles. The van der Waals surface area contributed by atoms with E-state index in [1.54, 1.807) is 42.5 Å². The first-order chi connectivity index (χ1) is 13.0. The molecule has 0 aliphatic heterocycles. The number of aliphatic hydroxyl groups excluding tert-OH is 2. The van der Waals surface area contributed by atoms with Crippen LogP contribution in [0.4, 0.5) is 0 Å². The van der Waals surface area contributed by atoms with E-state index >= 15 is 0 Å². The van der Waals surface area contributed by atoms with Gasteiger partial charge in [0.15, 0.2) is 11.5 Å². The van der Waals surface area contributed by atoms with Crippen LogP contribution >= 0.6 is 15.9 Å². The summed E-state index contributed by atoms with van der Waals surface area (Å²) in [5.74, 6) is -2.88. The summed E-state index contributed by atoms with van der Waals surface area (Å²) in [7, 11) is 0. The summed E-state index contributed by atoms with van der Waals surface area (Å²) in [6, 6.07) is 19.3. The lowest BCUT2D eigenvalue weighted by Crippen LogP contribution is -2.22. The maximum Gasteiger partial charge on any atom is 0.232 e. The van der Waals surface area contributed by atoms with Gasteiger partial charge in [-0.2, -0.15) is 0 Å². The van der Waals surface area contributed by atoms with Crippen molar-refractivity contribution in [3.63, 3.8) is 0 Å². The molecule has 0 aromatic heterocycles. The van der Waals surface area contributed by atoms with Gasteiger partial charge in [-0.3, -0.25) is 9.59 Å². The van der Waals surface area contributed by atoms with Crippen LogP contribution in [0.2, 0.25) is 0 Å². The van der Waals surface area contributed by atoms with Gasteiger partial charge < -0.3 is 10.2 Å². The molecular formula is C22H13BrO4. The standard InChI is InChI=1S/C22H13BrO4/c23-16-9-7-13(8-10-16)17-19(24)21(26)18(22(27)20(17)25)15-6-5-12-3-1-2-4-14(12)11-15/h1-11,24,27H. The lowest BCUT2D eigenvalue weighted by atomic mass is 9.86. The summed E-state index contributed by atoms with van der Waals surface area (Å²) in [5, 5.41) is 22.8. The van der Waals surface area contributed by atoms with Gasteiger partial charge in [0.05, 0.1) is 11.1 Å². The molecule has 132 valence electrons. The molecule has 5 heteroatoms. The maximum atomic E-state index is 12.8. The van der Waals surface area contributed by atoms with E-state index in [1.165, 1.54) is 0 Å². The highest BCUT2D eigenvalue weighted by Crippen LogP contribution is 2.35. The van der Waals surface area contributed by atoms with E-state index in [4.69, 9.17) is 0 Å². The molecule has 0 amide bonds. The van der Waals surface area contributed by atoms with E-state index in [-0.39, 0.29) is 11.1 Å². The minimum absolute atomic E-state index is 0.191. The number of allylic oxidation sites excluding steroid dienone is 2. The fourth-order valence-corrected chi connectivity index (χ4v) is 3.44. The van der Waals surface area contributed by atoms with Crippen molar-refractivity contribution in [2.24, 2.45) is 0 Å². The third-order valence-electron chi connectivity index (χ3n) is 4.53. The highest BCUT2D eigenvalue weighted by molar-refractivity contribution is 9.10. The second-order valence-corrected chi connectivity index (χ2v) is 7.09. The quantitative estimate of drug-likeness (QED) is 0.572. The summed E-state index contributed by atoms with van der Waals surface area (Å²) < 4.78 is 0.789. The van der Waals surface area contributed by atoms with Crippen LogP contribution in [0.25, 0.3) is 21.9 Å². The van der Waals surface area contributed by atoms with E-state index in [2.05, 4.69) is 15.9 Å². The molecule has 3 aromatic rings. The van der Waals surface area contributed by atoms with Gasteiger partial charge in [-0.15, -0.1) is 0 Å². The number of Topliss-reactive ketones (excluding diaryl/α,β-unsaturated/α-hetero) is 2. The Morgan fingerprint density at radius 1 is 0.630 bits per heavy atom. The second kappa shape index (κ2) is 6.52. The molecule has 0 saturated heterocycles. The van der Waals surface area contributed by atoms with Crippen molar-refractivity contribution < 1.29 is 19.8 Å². The average molecular weight is 421 g/mol. The van der Waals surface area contributed by atoms with E-state index in [0.29, 0.717) is 11.1 Å². The zero-order valence-electron chi connectivity index (χ0n) is 13.9. The smallest absolute Gasteiger partial charge is 0.232 e. The molecule has 2 N–H and O–H groups in total. The van der Waals surface area contributed by atoms with Crippen LogP contribution in [0, 0.1) is 0 Å². The normalized spacial score (nSPS) is 15.0. The van der Waals surface area contributed by atoms with Crippen LogP contribution in [0.5, 0.6) is 0 Å². The van der Waals surface area contributed by atoms with E-state index in [1.807, 2.05) is 24.3 Å². The molecule has 27 heavy (non-hydrogen) atoms. The van der Waals surface area contributed by atoms with Crippen molar-refractivity contribution in [2.75, 3.05) is 0 Å². The minimum Gasteiger partial charge on any atom is -0.504 e. The molecule has 0 fully saturated rings. The summed E-state index contributed by atoms with van der Waals surface area (Å²) in [4.78, 5) is 25.5. The van der Waals surface area contributed by atoms with Crippen molar-refractivity contribution in [1.29, 1.82) is 0 Å². The summed E-state index contributed by atoms with van der Waals surface area (Å²) >= 11 is 3.29. The Morgan fingerprint density at radius 2 is 1.15 bits per heavy atom. The number of ketones is 2. The van der Waals surface area contributed by atoms with Gasteiger partial charge in [-0.05, 0) is 40.1 Å². The monoisotopic (exact) mass is 420 g/mol. The highest BCUT2D eigenvalue weighted by Gasteiger charge is 2.36. The maximum absolute atomic E-state index is 12.8. The highest BCUT2D eigenvalue weighted by atomic mass is 79.9. The lowest BCUT2D eigenvalue weighted by Gasteiger charge is -2.18. The van der Waals surface area contributed by atoms with Crippen molar-refractivity contribution >= 4 is 49.4 Å². The number of carbonyl (C=O) groups excluding carboxylic acids is 2. The molecule has 0 radical (unpaired) electrons. The predicted molar refractivity (Wildman–Crippen MR) is 107 cm³/mol. The Bertz CT molecular complexity index is 1170. The number of benzene rings is 3. The number of rotatable bonds is 2. The molecule has 1 aliphatic rings. The van der Waals surface area contributed by atoms with Crippen LogP contribution in [-0.2, 0) is 9.59 Å². The third-order valence-corrected chi connectivity index (χ3v) is 5.06. The summed E-state index contributed by atoms with van der Waals surface area (Å²) in [6.07, 6.45) is 0. The van der Waals surface area contributed by atoms with Crippen LogP contribution < -0.4 is 0 Å². The predicted octanol–water partition coefficient (Wildman–Crippen LogP) is 4.99. The SMILES string of the molecule is O=C1C(O)=C(c2ccc3ccccc3c2)C(=O)C(O)=C1c1ccc(Br)cc1. The van der Waals surface area contributed by atoms with Gasteiger partial charge in [0.25, 0.3) is 0 Å². The molecule has 0 heterocycles. The van der Waals surface area contributed by atoms with Crippen molar-refractivity contribution in [2.45, 2.75) is 0 Å². The van der Waals surface area contributed by atoms with Crippen LogP contribution in [0.1, 0.15) is 11.1 Å². The molecule has 1 aliphatic carbocycles. The second-order valence-electron chi connectivity index (χ2n) is 6.17. The number of hydrogen-bond acceptors (Lipinski definition) is 4. The zero-order chi connectivity index (χ0) is 19.1. The Morgan fingerprint density at radius 3 is 1.78 bits per heavy atom. The molecular weight excluding hydrogens is 408 g/mol. The zero-order valence-corrected chi connectivity index (χ0v) is 15.5. The Balaban J connectivity index is 1.85. The first-order valence-corrected chi connectivity index (χ1v) is 8.97. The van der Waals surface area contributed by atoms with Gasteiger partial charge in [0.1, 0.15) is 0 Å². The van der Waals surface area contributed by atoms with Crippen molar-refractivity contribution in [3.05, 3.63) is 93.8 Å². The average Bonchev–Trinajstić information content (AvgIpc) is 2.68. The summed E-state index contributed by atoms with van der Waals surface area (Å²) in [5.41, 5.74) is 0.350. The molecule has 0 unspecified atom stereocenters. The molecule has 0 bridgehead atoms. The van der Waals surface area contributed by atoms with Gasteiger partial charge in [-0.1, -0.05) is 64.5 Å². The number of fused-ring (bicyclic) bond motifs is 1. The Labute approximate surface area is 163 Å². The number of carbonyl (C=O) groups is 2. The number of hydrogen-bond donors (Lipinski definition) is 2. The minimum atomic E-state index is -0.780. The first-order valence-electron chi connectivity index (χ1n) is 8.18. The largest absolute Gasteiger partial charge is 0.504 e. The topological polar surface area (TPSA) is 74.6 Å². The van der Waals surface area contributed by atoms with Crippen LogP contribution in [0.15, 0.2) is 82.7 Å². The Kier molecular flexibility index (Phi) is 4.16. The molecule has 0 spiro atoms.